The summed E-state index contributed by atoms with van der Waals surface area (Å²) in [5.74, 6) is -0.126. The van der Waals surface area contributed by atoms with Crippen molar-refractivity contribution >= 4 is 11.8 Å². The molecule has 6 heteroatoms. The Hall–Kier alpha value is -1.14. The Balaban J connectivity index is 2.26. The third-order valence-electron chi connectivity index (χ3n) is 3.13. The van der Waals surface area contributed by atoms with Crippen LogP contribution in [-0.2, 0) is 14.3 Å². The molecule has 6 nitrogen and oxygen atoms in total. The van der Waals surface area contributed by atoms with Crippen molar-refractivity contribution in [2.24, 2.45) is 5.73 Å². The second-order valence-electron chi connectivity index (χ2n) is 5.10. The number of nitrogens with one attached hydrogen (secondary N) is 1. The predicted molar refractivity (Wildman–Crippen MR) is 72.5 cm³/mol. The number of nitrogens with zero attached hydrogens (tertiary/aromatic N) is 1. The van der Waals surface area contributed by atoms with Gasteiger partial charge in [-0.3, -0.25) is 9.59 Å². The molecule has 0 bridgehead atoms. The van der Waals surface area contributed by atoms with Gasteiger partial charge in [0, 0.05) is 25.6 Å². The van der Waals surface area contributed by atoms with E-state index < -0.39 is 6.04 Å². The molecular formula is C13H25N3O3. The summed E-state index contributed by atoms with van der Waals surface area (Å²) in [6.45, 7) is 5.98. The number of hydrogen-bond donors (Lipinski definition) is 2. The number of amides is 2. The SMILES string of the molecule is CC(N)CCCC(=O)NC(C)C(=O)N1CCOCC1. The van der Waals surface area contributed by atoms with Crippen LogP contribution in [0, 0.1) is 0 Å². The average Bonchev–Trinajstić information content (AvgIpc) is 2.38. The standard InChI is InChI=1S/C13H25N3O3/c1-10(14)4-3-5-12(17)15-11(2)13(18)16-6-8-19-9-7-16/h10-11H,3-9,14H2,1-2H3,(H,15,17). The van der Waals surface area contributed by atoms with Crippen LogP contribution in [0.25, 0.3) is 0 Å². The highest BCUT2D eigenvalue weighted by Gasteiger charge is 2.23. The van der Waals surface area contributed by atoms with Gasteiger partial charge in [0.1, 0.15) is 6.04 Å². The molecule has 0 spiro atoms. The topological polar surface area (TPSA) is 84.7 Å². The van der Waals surface area contributed by atoms with Gasteiger partial charge in [-0.2, -0.15) is 0 Å². The van der Waals surface area contributed by atoms with Crippen LogP contribution in [-0.4, -0.2) is 55.1 Å². The third-order valence-corrected chi connectivity index (χ3v) is 3.13. The molecule has 110 valence electrons. The summed E-state index contributed by atoms with van der Waals surface area (Å²) in [5, 5.41) is 2.74. The lowest BCUT2D eigenvalue weighted by atomic mass is 10.1. The van der Waals surface area contributed by atoms with Gasteiger partial charge in [-0.05, 0) is 26.7 Å². The van der Waals surface area contributed by atoms with E-state index in [2.05, 4.69) is 5.32 Å². The summed E-state index contributed by atoms with van der Waals surface area (Å²) < 4.78 is 5.19. The second-order valence-corrected chi connectivity index (χ2v) is 5.10. The Morgan fingerprint density at radius 3 is 2.53 bits per heavy atom. The van der Waals surface area contributed by atoms with Gasteiger partial charge in [0.05, 0.1) is 13.2 Å². The molecule has 1 rings (SSSR count). The average molecular weight is 271 g/mol. The molecule has 0 aromatic heterocycles. The Morgan fingerprint density at radius 2 is 1.95 bits per heavy atom. The maximum atomic E-state index is 12.1. The first-order valence-electron chi connectivity index (χ1n) is 6.92. The van der Waals surface area contributed by atoms with Crippen molar-refractivity contribution in [2.45, 2.75) is 45.2 Å². The number of ether oxygens (including phenoxy) is 1. The van der Waals surface area contributed by atoms with E-state index in [0.29, 0.717) is 32.7 Å². The van der Waals surface area contributed by atoms with Crippen molar-refractivity contribution in [2.75, 3.05) is 26.3 Å². The highest BCUT2D eigenvalue weighted by molar-refractivity contribution is 5.87. The van der Waals surface area contributed by atoms with Gasteiger partial charge in [0.2, 0.25) is 11.8 Å². The molecule has 1 saturated heterocycles. The zero-order valence-electron chi connectivity index (χ0n) is 11.9. The highest BCUT2D eigenvalue weighted by Crippen LogP contribution is 2.02. The minimum atomic E-state index is -0.471. The van der Waals surface area contributed by atoms with Crippen LogP contribution in [0.1, 0.15) is 33.1 Å². The van der Waals surface area contributed by atoms with Crippen molar-refractivity contribution in [1.29, 1.82) is 0 Å². The number of carbonyl (C=O) groups is 2. The zero-order chi connectivity index (χ0) is 14.3. The monoisotopic (exact) mass is 271 g/mol. The quantitative estimate of drug-likeness (QED) is 0.704. The van der Waals surface area contributed by atoms with Crippen molar-refractivity contribution < 1.29 is 14.3 Å². The van der Waals surface area contributed by atoms with Crippen molar-refractivity contribution in [1.82, 2.24) is 10.2 Å². The number of nitrogens with two attached hydrogens (primary N) is 1. The molecule has 1 aliphatic heterocycles. The van der Waals surface area contributed by atoms with E-state index in [9.17, 15) is 9.59 Å². The third kappa shape index (κ3) is 6.02. The Kier molecular flexibility index (Phi) is 6.80. The summed E-state index contributed by atoms with van der Waals surface area (Å²) in [4.78, 5) is 25.5. The van der Waals surface area contributed by atoms with Gasteiger partial charge in [-0.15, -0.1) is 0 Å². The fraction of sp³-hybridized carbons (Fsp3) is 0.846. The van der Waals surface area contributed by atoms with Crippen molar-refractivity contribution in [3.63, 3.8) is 0 Å². The molecule has 1 aliphatic rings. The minimum Gasteiger partial charge on any atom is -0.378 e. The smallest absolute Gasteiger partial charge is 0.245 e. The Labute approximate surface area is 114 Å². The first-order chi connectivity index (χ1) is 9.00. The van der Waals surface area contributed by atoms with Crippen LogP contribution in [0.2, 0.25) is 0 Å². The second kappa shape index (κ2) is 8.12. The van der Waals surface area contributed by atoms with E-state index in [1.165, 1.54) is 0 Å². The summed E-state index contributed by atoms with van der Waals surface area (Å²) in [6, 6.07) is -0.360. The predicted octanol–water partition coefficient (Wildman–Crippen LogP) is -0.133. The summed E-state index contributed by atoms with van der Waals surface area (Å²) in [7, 11) is 0. The lowest BCUT2D eigenvalue weighted by Gasteiger charge is -2.29. The normalized spacial score (nSPS) is 18.8. The maximum absolute atomic E-state index is 12.1. The number of hydrogen-bond acceptors (Lipinski definition) is 4. The van der Waals surface area contributed by atoms with E-state index in [1.807, 2.05) is 6.92 Å². The van der Waals surface area contributed by atoms with E-state index in [-0.39, 0.29) is 17.9 Å². The number of morpholine rings is 1. The molecule has 0 saturated carbocycles. The molecule has 2 atom stereocenters. The van der Waals surface area contributed by atoms with Gasteiger partial charge < -0.3 is 20.7 Å². The highest BCUT2D eigenvalue weighted by atomic mass is 16.5. The first-order valence-corrected chi connectivity index (χ1v) is 6.92. The van der Waals surface area contributed by atoms with E-state index >= 15 is 0 Å². The summed E-state index contributed by atoms with van der Waals surface area (Å²) in [6.07, 6.45) is 1.99. The fourth-order valence-electron chi connectivity index (χ4n) is 2.02. The molecule has 19 heavy (non-hydrogen) atoms. The largest absolute Gasteiger partial charge is 0.378 e. The molecule has 1 fully saturated rings. The number of rotatable bonds is 6. The van der Waals surface area contributed by atoms with E-state index in [4.69, 9.17) is 10.5 Å². The molecular weight excluding hydrogens is 246 g/mol. The first kappa shape index (κ1) is 15.9. The van der Waals surface area contributed by atoms with Crippen LogP contribution >= 0.6 is 0 Å². The van der Waals surface area contributed by atoms with Gasteiger partial charge in [0.15, 0.2) is 0 Å². The molecule has 0 aromatic rings. The lowest BCUT2D eigenvalue weighted by molar-refractivity contribution is -0.139. The lowest BCUT2D eigenvalue weighted by Crippen LogP contribution is -2.50. The summed E-state index contributed by atoms with van der Waals surface area (Å²) >= 11 is 0. The number of carbonyl (C=O) groups excluding carboxylic acids is 2. The molecule has 1 heterocycles. The molecule has 2 amide bonds. The summed E-state index contributed by atoms with van der Waals surface area (Å²) in [5.41, 5.74) is 5.62. The fourth-order valence-corrected chi connectivity index (χ4v) is 2.02. The van der Waals surface area contributed by atoms with Crippen molar-refractivity contribution in [3.8, 4) is 0 Å². The van der Waals surface area contributed by atoms with E-state index in [1.54, 1.807) is 11.8 Å². The molecule has 0 aromatic carbocycles. The van der Waals surface area contributed by atoms with Gasteiger partial charge in [0.25, 0.3) is 0 Å². The van der Waals surface area contributed by atoms with Gasteiger partial charge >= 0.3 is 0 Å². The van der Waals surface area contributed by atoms with Crippen LogP contribution in [0.3, 0.4) is 0 Å². The van der Waals surface area contributed by atoms with Crippen LogP contribution < -0.4 is 11.1 Å². The minimum absolute atomic E-state index is 0.0381. The van der Waals surface area contributed by atoms with E-state index in [0.717, 1.165) is 12.8 Å². The van der Waals surface area contributed by atoms with Crippen molar-refractivity contribution in [3.05, 3.63) is 0 Å². The molecule has 0 radical (unpaired) electrons. The zero-order valence-corrected chi connectivity index (χ0v) is 11.9. The van der Waals surface area contributed by atoms with Gasteiger partial charge in [-0.25, -0.2) is 0 Å². The molecule has 3 N–H and O–H groups in total. The van der Waals surface area contributed by atoms with Crippen LogP contribution in [0.15, 0.2) is 0 Å². The van der Waals surface area contributed by atoms with Gasteiger partial charge in [-0.1, -0.05) is 0 Å². The maximum Gasteiger partial charge on any atom is 0.245 e. The van der Waals surface area contributed by atoms with Crippen LogP contribution in [0.5, 0.6) is 0 Å². The molecule has 2 unspecified atom stereocenters. The molecule has 0 aliphatic carbocycles. The van der Waals surface area contributed by atoms with Crippen LogP contribution in [0.4, 0.5) is 0 Å². The Morgan fingerprint density at radius 1 is 1.32 bits per heavy atom. The Bertz CT molecular complexity index is 302.